The Bertz CT molecular complexity index is 1100. The average Bonchev–Trinajstić information content (AvgIpc) is 3.12. The number of hydrogen-bond acceptors (Lipinski definition) is 4. The SMILES string of the molecule is COc1cccc(-c2cc(C#N)nn2-c2cccc3cccnc23)c1. The number of pyridine rings is 1. The average molecular weight is 326 g/mol. The van der Waals surface area contributed by atoms with Gasteiger partial charge in [-0.25, -0.2) is 4.68 Å². The Kier molecular flexibility index (Phi) is 3.64. The zero-order valence-electron chi connectivity index (χ0n) is 13.5. The molecule has 0 atom stereocenters. The van der Waals surface area contributed by atoms with E-state index in [1.807, 2.05) is 54.6 Å². The molecular weight excluding hydrogens is 312 g/mol. The molecule has 0 amide bonds. The molecule has 120 valence electrons. The van der Waals surface area contributed by atoms with E-state index < -0.39 is 0 Å². The molecule has 0 saturated carbocycles. The maximum Gasteiger partial charge on any atom is 0.163 e. The fourth-order valence-corrected chi connectivity index (χ4v) is 2.87. The van der Waals surface area contributed by atoms with Crippen molar-refractivity contribution in [3.63, 3.8) is 0 Å². The molecule has 0 aliphatic rings. The molecule has 4 aromatic rings. The first-order valence-corrected chi connectivity index (χ1v) is 7.79. The van der Waals surface area contributed by atoms with E-state index in [1.165, 1.54) is 0 Å². The standard InChI is InChI=1S/C20H14N4O/c1-25-17-8-2-6-15(11-17)19-12-16(13-21)23-24(19)18-9-3-5-14-7-4-10-22-20(14)18/h2-12H,1H3. The largest absolute Gasteiger partial charge is 0.497 e. The summed E-state index contributed by atoms with van der Waals surface area (Å²) in [6, 6.07) is 21.4. The Morgan fingerprint density at radius 1 is 1.04 bits per heavy atom. The molecule has 0 saturated heterocycles. The Balaban J connectivity index is 1.99. The van der Waals surface area contributed by atoms with Crippen LogP contribution in [0.25, 0.3) is 27.8 Å². The number of benzene rings is 2. The van der Waals surface area contributed by atoms with E-state index >= 15 is 0 Å². The fraction of sp³-hybridized carbons (Fsp3) is 0.0500. The van der Waals surface area contributed by atoms with Gasteiger partial charge < -0.3 is 4.74 Å². The van der Waals surface area contributed by atoms with Crippen molar-refractivity contribution < 1.29 is 4.74 Å². The van der Waals surface area contributed by atoms with Crippen molar-refractivity contribution in [1.29, 1.82) is 5.26 Å². The van der Waals surface area contributed by atoms with Crippen molar-refractivity contribution in [2.75, 3.05) is 7.11 Å². The van der Waals surface area contributed by atoms with E-state index in [0.717, 1.165) is 33.6 Å². The van der Waals surface area contributed by atoms with Gasteiger partial charge in [-0.05, 0) is 24.3 Å². The van der Waals surface area contributed by atoms with Gasteiger partial charge >= 0.3 is 0 Å². The summed E-state index contributed by atoms with van der Waals surface area (Å²) < 4.78 is 7.08. The van der Waals surface area contributed by atoms with E-state index in [9.17, 15) is 5.26 Å². The van der Waals surface area contributed by atoms with Crippen LogP contribution in [0.2, 0.25) is 0 Å². The predicted octanol–water partition coefficient (Wildman–Crippen LogP) is 3.97. The van der Waals surface area contributed by atoms with Crippen LogP contribution in [-0.4, -0.2) is 21.9 Å². The topological polar surface area (TPSA) is 63.7 Å². The van der Waals surface area contributed by atoms with E-state index in [0.29, 0.717) is 5.69 Å². The highest BCUT2D eigenvalue weighted by Gasteiger charge is 2.14. The quantitative estimate of drug-likeness (QED) is 0.571. The van der Waals surface area contributed by atoms with Gasteiger partial charge in [-0.15, -0.1) is 0 Å². The van der Waals surface area contributed by atoms with Crippen LogP contribution in [-0.2, 0) is 0 Å². The maximum absolute atomic E-state index is 9.32. The molecule has 2 heterocycles. The van der Waals surface area contributed by atoms with Crippen molar-refractivity contribution >= 4 is 10.9 Å². The van der Waals surface area contributed by atoms with Crippen LogP contribution < -0.4 is 4.74 Å². The van der Waals surface area contributed by atoms with Gasteiger partial charge in [0.25, 0.3) is 0 Å². The number of fused-ring (bicyclic) bond motifs is 1. The third kappa shape index (κ3) is 2.60. The van der Waals surface area contributed by atoms with E-state index in [2.05, 4.69) is 16.2 Å². The van der Waals surface area contributed by atoms with Gasteiger partial charge in [0.15, 0.2) is 5.69 Å². The molecule has 0 aliphatic carbocycles. The zero-order valence-corrected chi connectivity index (χ0v) is 13.5. The monoisotopic (exact) mass is 326 g/mol. The zero-order chi connectivity index (χ0) is 17.2. The van der Waals surface area contributed by atoms with Crippen LogP contribution >= 0.6 is 0 Å². The Labute approximate surface area is 144 Å². The van der Waals surface area contributed by atoms with Crippen LogP contribution in [0, 0.1) is 11.3 Å². The van der Waals surface area contributed by atoms with Crippen LogP contribution in [0.4, 0.5) is 0 Å². The second-order valence-electron chi connectivity index (χ2n) is 5.52. The number of ether oxygens (including phenoxy) is 1. The van der Waals surface area contributed by atoms with Crippen LogP contribution in [0.15, 0.2) is 66.9 Å². The van der Waals surface area contributed by atoms with Gasteiger partial charge in [0.05, 0.1) is 24.0 Å². The number of rotatable bonds is 3. The maximum atomic E-state index is 9.32. The van der Waals surface area contributed by atoms with Crippen LogP contribution in [0.3, 0.4) is 0 Å². The highest BCUT2D eigenvalue weighted by Crippen LogP contribution is 2.29. The first-order chi connectivity index (χ1) is 12.3. The van der Waals surface area contributed by atoms with Crippen LogP contribution in [0.5, 0.6) is 5.75 Å². The molecule has 2 aromatic heterocycles. The second-order valence-corrected chi connectivity index (χ2v) is 5.52. The molecule has 5 nitrogen and oxygen atoms in total. The summed E-state index contributed by atoms with van der Waals surface area (Å²) in [4.78, 5) is 4.49. The summed E-state index contributed by atoms with van der Waals surface area (Å²) in [6.45, 7) is 0. The van der Waals surface area contributed by atoms with E-state index in [1.54, 1.807) is 24.1 Å². The molecule has 4 rings (SSSR count). The predicted molar refractivity (Wildman–Crippen MR) is 95.6 cm³/mol. The number of aromatic nitrogens is 3. The highest BCUT2D eigenvalue weighted by atomic mass is 16.5. The molecular formula is C20H14N4O. The number of methoxy groups -OCH3 is 1. The third-order valence-corrected chi connectivity index (χ3v) is 4.03. The molecule has 2 aromatic carbocycles. The lowest BCUT2D eigenvalue weighted by Crippen LogP contribution is -2.01. The first kappa shape index (κ1) is 14.9. The summed E-state index contributed by atoms with van der Waals surface area (Å²) >= 11 is 0. The fourth-order valence-electron chi connectivity index (χ4n) is 2.87. The summed E-state index contributed by atoms with van der Waals surface area (Å²) in [5, 5.41) is 14.8. The van der Waals surface area contributed by atoms with Crippen molar-refractivity contribution in [2.24, 2.45) is 0 Å². The summed E-state index contributed by atoms with van der Waals surface area (Å²) in [7, 11) is 1.63. The molecule has 0 N–H and O–H groups in total. The number of nitriles is 1. The normalized spacial score (nSPS) is 10.6. The number of hydrogen-bond donors (Lipinski definition) is 0. The molecule has 0 bridgehead atoms. The van der Waals surface area contributed by atoms with Gasteiger partial charge in [-0.1, -0.05) is 30.3 Å². The van der Waals surface area contributed by atoms with Crippen molar-refractivity contribution in [3.8, 4) is 28.8 Å². The molecule has 0 radical (unpaired) electrons. The third-order valence-electron chi connectivity index (χ3n) is 4.03. The lowest BCUT2D eigenvalue weighted by Gasteiger charge is -2.10. The minimum Gasteiger partial charge on any atom is -0.497 e. The molecule has 0 aliphatic heterocycles. The Morgan fingerprint density at radius 3 is 2.72 bits per heavy atom. The van der Waals surface area contributed by atoms with Gasteiger partial charge in [-0.3, -0.25) is 4.98 Å². The summed E-state index contributed by atoms with van der Waals surface area (Å²) in [6.07, 6.45) is 1.76. The molecule has 0 unspecified atom stereocenters. The van der Waals surface area contributed by atoms with Crippen molar-refractivity contribution in [1.82, 2.24) is 14.8 Å². The summed E-state index contributed by atoms with van der Waals surface area (Å²) in [5.41, 5.74) is 3.75. The highest BCUT2D eigenvalue weighted by molar-refractivity contribution is 5.87. The molecule has 25 heavy (non-hydrogen) atoms. The first-order valence-electron chi connectivity index (χ1n) is 7.79. The minimum atomic E-state index is 0.353. The Morgan fingerprint density at radius 2 is 1.88 bits per heavy atom. The molecule has 5 heteroatoms. The smallest absolute Gasteiger partial charge is 0.163 e. The van der Waals surface area contributed by atoms with Crippen molar-refractivity contribution in [2.45, 2.75) is 0 Å². The van der Waals surface area contributed by atoms with Crippen molar-refractivity contribution in [3.05, 3.63) is 72.6 Å². The Hall–Kier alpha value is -3.65. The van der Waals surface area contributed by atoms with Gasteiger partial charge in [0.2, 0.25) is 0 Å². The lowest BCUT2D eigenvalue weighted by atomic mass is 10.1. The molecule has 0 spiro atoms. The van der Waals surface area contributed by atoms with Gasteiger partial charge in [0.1, 0.15) is 11.8 Å². The van der Waals surface area contributed by atoms with Crippen LogP contribution in [0.1, 0.15) is 5.69 Å². The summed E-state index contributed by atoms with van der Waals surface area (Å²) in [5.74, 6) is 0.750. The minimum absolute atomic E-state index is 0.353. The second kappa shape index (κ2) is 6.10. The van der Waals surface area contributed by atoms with Gasteiger partial charge in [0, 0.05) is 23.2 Å². The lowest BCUT2D eigenvalue weighted by molar-refractivity contribution is 0.415. The molecule has 0 fully saturated rings. The van der Waals surface area contributed by atoms with Gasteiger partial charge in [-0.2, -0.15) is 10.4 Å². The number of para-hydroxylation sites is 1. The number of nitrogens with zero attached hydrogens (tertiary/aromatic N) is 4. The van der Waals surface area contributed by atoms with E-state index in [4.69, 9.17) is 4.74 Å². The van der Waals surface area contributed by atoms with E-state index in [-0.39, 0.29) is 0 Å².